The predicted octanol–water partition coefficient (Wildman–Crippen LogP) is 1.04. The molecule has 1 aliphatic rings. The molecule has 2 heterocycles. The van der Waals surface area contributed by atoms with Crippen molar-refractivity contribution in [2.75, 3.05) is 13.2 Å². The summed E-state index contributed by atoms with van der Waals surface area (Å²) in [6.45, 7) is 7.05. The summed E-state index contributed by atoms with van der Waals surface area (Å²) in [5.74, 6) is -0.918. The molecule has 9 nitrogen and oxygen atoms in total. The number of carbonyl (C=O) groups excluding carboxylic acids is 1. The van der Waals surface area contributed by atoms with E-state index in [0.717, 1.165) is 6.42 Å². The van der Waals surface area contributed by atoms with Crippen LogP contribution in [0.5, 0.6) is 0 Å². The minimum atomic E-state index is -1.18. The standard InChI is InChI=1S/C14H22N4O5/c1-14(2,3)23-13(21)15-6-10-11(12(19)20)16-17-18(10)7-9-4-5-22-8-9/h9H,4-8H2,1-3H3,(H,15,21)(H,19,20). The molecule has 0 bridgehead atoms. The zero-order valence-corrected chi connectivity index (χ0v) is 13.5. The number of ether oxygens (including phenoxy) is 2. The molecule has 0 saturated carbocycles. The molecule has 1 fully saturated rings. The van der Waals surface area contributed by atoms with Crippen molar-refractivity contribution in [2.24, 2.45) is 5.92 Å². The number of hydrogen-bond donors (Lipinski definition) is 2. The SMILES string of the molecule is CC(C)(C)OC(=O)NCc1c(C(=O)O)nnn1CC1CCOC1. The van der Waals surface area contributed by atoms with Gasteiger partial charge in [-0.3, -0.25) is 0 Å². The lowest BCUT2D eigenvalue weighted by molar-refractivity contribution is 0.0519. The third-order valence-corrected chi connectivity index (χ3v) is 3.29. The highest BCUT2D eigenvalue weighted by Gasteiger charge is 2.24. The first-order valence-corrected chi connectivity index (χ1v) is 7.46. The second-order valence-corrected chi connectivity index (χ2v) is 6.46. The molecular formula is C14H22N4O5. The fraction of sp³-hybridized carbons (Fsp3) is 0.714. The van der Waals surface area contributed by atoms with Gasteiger partial charge in [-0.15, -0.1) is 5.10 Å². The van der Waals surface area contributed by atoms with Gasteiger partial charge in [-0.2, -0.15) is 0 Å². The van der Waals surface area contributed by atoms with Crippen molar-refractivity contribution in [1.29, 1.82) is 0 Å². The molecule has 0 aliphatic carbocycles. The Balaban J connectivity index is 2.06. The molecule has 1 aromatic rings. The van der Waals surface area contributed by atoms with Gasteiger partial charge < -0.3 is 19.9 Å². The summed E-state index contributed by atoms with van der Waals surface area (Å²) in [6.07, 6.45) is 0.270. The van der Waals surface area contributed by atoms with E-state index >= 15 is 0 Å². The summed E-state index contributed by atoms with van der Waals surface area (Å²) in [4.78, 5) is 23.0. The van der Waals surface area contributed by atoms with Gasteiger partial charge in [-0.05, 0) is 27.2 Å². The van der Waals surface area contributed by atoms with Crippen LogP contribution in [0.15, 0.2) is 0 Å². The Morgan fingerprint density at radius 2 is 2.22 bits per heavy atom. The van der Waals surface area contributed by atoms with Crippen molar-refractivity contribution in [2.45, 2.75) is 45.9 Å². The van der Waals surface area contributed by atoms with Crippen LogP contribution >= 0.6 is 0 Å². The van der Waals surface area contributed by atoms with Crippen LogP contribution in [0, 0.1) is 5.92 Å². The number of carbonyl (C=O) groups is 2. The highest BCUT2D eigenvalue weighted by Crippen LogP contribution is 2.16. The van der Waals surface area contributed by atoms with E-state index in [1.165, 1.54) is 4.68 Å². The number of aromatic carboxylic acids is 1. The van der Waals surface area contributed by atoms with Crippen LogP contribution in [0.1, 0.15) is 43.4 Å². The summed E-state index contributed by atoms with van der Waals surface area (Å²) < 4.78 is 12.0. The summed E-state index contributed by atoms with van der Waals surface area (Å²) in [6, 6.07) is 0. The first kappa shape index (κ1) is 17.2. The average molecular weight is 326 g/mol. The van der Waals surface area contributed by atoms with Crippen LogP contribution in [-0.2, 0) is 22.6 Å². The lowest BCUT2D eigenvalue weighted by atomic mass is 10.1. The minimum Gasteiger partial charge on any atom is -0.476 e. The zero-order chi connectivity index (χ0) is 17.0. The first-order chi connectivity index (χ1) is 10.8. The second-order valence-electron chi connectivity index (χ2n) is 6.46. The van der Waals surface area contributed by atoms with Crippen LogP contribution in [0.2, 0.25) is 0 Å². The van der Waals surface area contributed by atoms with Crippen molar-refractivity contribution in [3.63, 3.8) is 0 Å². The van der Waals surface area contributed by atoms with Crippen molar-refractivity contribution < 1.29 is 24.2 Å². The summed E-state index contributed by atoms with van der Waals surface area (Å²) >= 11 is 0. The molecule has 1 aromatic heterocycles. The van der Waals surface area contributed by atoms with Crippen LogP contribution in [-0.4, -0.2) is 51.0 Å². The van der Waals surface area contributed by atoms with Crippen LogP contribution in [0.25, 0.3) is 0 Å². The monoisotopic (exact) mass is 326 g/mol. The average Bonchev–Trinajstić information content (AvgIpc) is 3.04. The van der Waals surface area contributed by atoms with Gasteiger partial charge >= 0.3 is 12.1 Å². The molecule has 9 heteroatoms. The largest absolute Gasteiger partial charge is 0.476 e. The lowest BCUT2D eigenvalue weighted by Gasteiger charge is -2.20. The molecule has 1 atom stereocenters. The topological polar surface area (TPSA) is 116 Å². The Kier molecular flexibility index (Phi) is 5.19. The number of aromatic nitrogens is 3. The smallest absolute Gasteiger partial charge is 0.407 e. The number of carboxylic acid groups (broad SMARTS) is 1. The van der Waals surface area contributed by atoms with Gasteiger partial charge in [0.15, 0.2) is 5.69 Å². The fourth-order valence-corrected chi connectivity index (χ4v) is 2.26. The van der Waals surface area contributed by atoms with E-state index in [4.69, 9.17) is 9.47 Å². The number of alkyl carbamates (subject to hydrolysis) is 1. The van der Waals surface area contributed by atoms with E-state index in [2.05, 4.69) is 15.6 Å². The Hall–Kier alpha value is -2.16. The summed E-state index contributed by atoms with van der Waals surface area (Å²) in [5, 5.41) is 19.3. The van der Waals surface area contributed by atoms with Gasteiger partial charge in [0, 0.05) is 19.1 Å². The first-order valence-electron chi connectivity index (χ1n) is 7.46. The van der Waals surface area contributed by atoms with Gasteiger partial charge in [0.1, 0.15) is 5.60 Å². The van der Waals surface area contributed by atoms with Gasteiger partial charge in [-0.1, -0.05) is 5.21 Å². The third-order valence-electron chi connectivity index (χ3n) is 3.29. The molecule has 1 saturated heterocycles. The Bertz CT molecular complexity index is 572. The normalized spacial score (nSPS) is 18.0. The molecule has 2 rings (SSSR count). The number of carboxylic acids is 1. The minimum absolute atomic E-state index is 0.0167. The molecular weight excluding hydrogens is 304 g/mol. The van der Waals surface area contributed by atoms with Gasteiger partial charge in [0.05, 0.1) is 18.8 Å². The molecule has 2 N–H and O–H groups in total. The van der Waals surface area contributed by atoms with E-state index in [9.17, 15) is 14.7 Å². The Morgan fingerprint density at radius 1 is 1.48 bits per heavy atom. The molecule has 23 heavy (non-hydrogen) atoms. The molecule has 0 radical (unpaired) electrons. The van der Waals surface area contributed by atoms with E-state index in [0.29, 0.717) is 25.5 Å². The highest BCUT2D eigenvalue weighted by atomic mass is 16.6. The number of hydrogen-bond acceptors (Lipinski definition) is 6. The molecule has 1 aliphatic heterocycles. The maximum atomic E-state index is 11.7. The van der Waals surface area contributed by atoms with E-state index in [1.807, 2.05) is 0 Å². The van der Waals surface area contributed by atoms with Crippen LogP contribution in [0.4, 0.5) is 4.79 Å². The van der Waals surface area contributed by atoms with Gasteiger partial charge in [0.25, 0.3) is 0 Å². The molecule has 1 unspecified atom stereocenters. The van der Waals surface area contributed by atoms with E-state index in [1.54, 1.807) is 20.8 Å². The highest BCUT2D eigenvalue weighted by molar-refractivity contribution is 5.86. The molecule has 0 aromatic carbocycles. The second kappa shape index (κ2) is 6.95. The summed E-state index contributed by atoms with van der Waals surface area (Å²) in [7, 11) is 0. The predicted molar refractivity (Wildman–Crippen MR) is 79.0 cm³/mol. The molecule has 128 valence electrons. The van der Waals surface area contributed by atoms with E-state index in [-0.39, 0.29) is 18.2 Å². The number of amides is 1. The molecule has 1 amide bonds. The van der Waals surface area contributed by atoms with Crippen molar-refractivity contribution in [3.05, 3.63) is 11.4 Å². The Labute approximate surface area is 133 Å². The lowest BCUT2D eigenvalue weighted by Crippen LogP contribution is -2.33. The molecule has 0 spiro atoms. The van der Waals surface area contributed by atoms with Gasteiger partial charge in [-0.25, -0.2) is 14.3 Å². The van der Waals surface area contributed by atoms with E-state index < -0.39 is 17.7 Å². The Morgan fingerprint density at radius 3 is 2.78 bits per heavy atom. The van der Waals surface area contributed by atoms with Crippen LogP contribution in [0.3, 0.4) is 0 Å². The number of rotatable bonds is 5. The number of nitrogens with one attached hydrogen (secondary N) is 1. The summed E-state index contributed by atoms with van der Waals surface area (Å²) in [5.41, 5.74) is -0.449. The maximum Gasteiger partial charge on any atom is 0.407 e. The van der Waals surface area contributed by atoms with Gasteiger partial charge in [0.2, 0.25) is 0 Å². The fourth-order valence-electron chi connectivity index (χ4n) is 2.26. The van der Waals surface area contributed by atoms with Crippen molar-refractivity contribution >= 4 is 12.1 Å². The van der Waals surface area contributed by atoms with Crippen molar-refractivity contribution in [3.8, 4) is 0 Å². The maximum absolute atomic E-state index is 11.7. The number of nitrogens with zero attached hydrogens (tertiary/aromatic N) is 3. The van der Waals surface area contributed by atoms with Crippen molar-refractivity contribution in [1.82, 2.24) is 20.3 Å². The zero-order valence-electron chi connectivity index (χ0n) is 13.5. The van der Waals surface area contributed by atoms with Crippen LogP contribution < -0.4 is 5.32 Å². The third kappa shape index (κ3) is 4.92. The quantitative estimate of drug-likeness (QED) is 0.830.